The summed E-state index contributed by atoms with van der Waals surface area (Å²) < 4.78 is 2.01. The van der Waals surface area contributed by atoms with Crippen LogP contribution in [0.25, 0.3) is 11.0 Å². The maximum Gasteiger partial charge on any atom is 0.237 e. The lowest BCUT2D eigenvalue weighted by Gasteiger charge is -2.18. The molecule has 0 aliphatic carbocycles. The lowest BCUT2D eigenvalue weighted by molar-refractivity contribution is -0.123. The summed E-state index contributed by atoms with van der Waals surface area (Å²) in [6.45, 7) is 6.05. The van der Waals surface area contributed by atoms with Gasteiger partial charge in [0.2, 0.25) is 5.91 Å². The summed E-state index contributed by atoms with van der Waals surface area (Å²) in [5.74, 6) is 1.11. The molecule has 0 bridgehead atoms. The Morgan fingerprint density at radius 1 is 1.26 bits per heavy atom. The molecule has 3 N–H and O–H groups in total. The fraction of sp³-hybridized carbons (Fsp3) is 0.500. The number of imidazole rings is 1. The Labute approximate surface area is 149 Å². The minimum Gasteiger partial charge on any atom is -0.345 e. The first-order valence-electron chi connectivity index (χ1n) is 7.37. The number of carbonyl (C=O) groups excluding carboxylic acids is 1. The summed E-state index contributed by atoms with van der Waals surface area (Å²) in [5, 5.41) is 2.96. The van der Waals surface area contributed by atoms with E-state index < -0.39 is 6.04 Å². The van der Waals surface area contributed by atoms with Crippen molar-refractivity contribution in [1.82, 2.24) is 14.9 Å². The zero-order chi connectivity index (χ0) is 15.6. The molecule has 2 rings (SSSR count). The molecule has 1 amide bonds. The van der Waals surface area contributed by atoms with Crippen molar-refractivity contribution < 1.29 is 4.79 Å². The van der Waals surface area contributed by atoms with Crippen molar-refractivity contribution in [2.24, 2.45) is 18.7 Å². The summed E-state index contributed by atoms with van der Waals surface area (Å²) in [4.78, 5) is 16.7. The predicted octanol–water partition coefficient (Wildman–Crippen LogP) is 2.97. The van der Waals surface area contributed by atoms with Gasteiger partial charge < -0.3 is 15.6 Å². The number of halogens is 2. The molecule has 7 heteroatoms. The van der Waals surface area contributed by atoms with E-state index in [0.29, 0.717) is 12.3 Å². The van der Waals surface area contributed by atoms with E-state index in [1.54, 1.807) is 0 Å². The maximum absolute atomic E-state index is 12.1. The molecule has 0 radical (unpaired) electrons. The van der Waals surface area contributed by atoms with Crippen LogP contribution in [-0.4, -0.2) is 21.5 Å². The molecule has 5 nitrogen and oxygen atoms in total. The van der Waals surface area contributed by atoms with Crippen LogP contribution in [0.3, 0.4) is 0 Å². The van der Waals surface area contributed by atoms with Gasteiger partial charge in [-0.1, -0.05) is 26.0 Å². The molecule has 1 aromatic carbocycles. The monoisotopic (exact) mass is 360 g/mol. The number of rotatable bonds is 5. The van der Waals surface area contributed by atoms with Gasteiger partial charge in [0.25, 0.3) is 0 Å². The largest absolute Gasteiger partial charge is 0.345 e. The van der Waals surface area contributed by atoms with Crippen LogP contribution in [0.5, 0.6) is 0 Å². The predicted molar refractivity (Wildman–Crippen MR) is 99.2 cm³/mol. The number of nitrogens with one attached hydrogen (secondary N) is 1. The number of benzene rings is 1. The molecule has 1 aromatic heterocycles. The molecule has 0 aliphatic heterocycles. The van der Waals surface area contributed by atoms with Crippen LogP contribution in [0.1, 0.15) is 39.1 Å². The molecule has 2 aromatic rings. The van der Waals surface area contributed by atoms with Crippen LogP contribution in [0.2, 0.25) is 0 Å². The number of aromatic nitrogens is 2. The first-order chi connectivity index (χ1) is 9.90. The zero-order valence-corrected chi connectivity index (χ0v) is 15.6. The minimum atomic E-state index is -0.470. The van der Waals surface area contributed by atoms with E-state index in [1.807, 2.05) is 42.8 Å². The average Bonchev–Trinajstić information content (AvgIpc) is 2.76. The van der Waals surface area contributed by atoms with Gasteiger partial charge in [0.1, 0.15) is 5.82 Å². The molecular weight excluding hydrogens is 335 g/mol. The molecule has 1 unspecified atom stereocenters. The Kier molecular flexibility index (Phi) is 8.59. The number of carbonyl (C=O) groups is 1. The highest BCUT2D eigenvalue weighted by atomic mass is 35.5. The minimum absolute atomic E-state index is 0. The molecule has 2 atom stereocenters. The lowest BCUT2D eigenvalue weighted by atomic mass is 10.0. The van der Waals surface area contributed by atoms with Gasteiger partial charge in [-0.3, -0.25) is 4.79 Å². The van der Waals surface area contributed by atoms with Crippen molar-refractivity contribution in [2.75, 3.05) is 0 Å². The number of para-hydroxylation sites is 2. The third-order valence-electron chi connectivity index (χ3n) is 3.63. The number of fused-ring (bicyclic) bond motifs is 1. The highest BCUT2D eigenvalue weighted by Crippen LogP contribution is 2.19. The number of aryl methyl sites for hydroxylation is 1. The van der Waals surface area contributed by atoms with Gasteiger partial charge in [-0.15, -0.1) is 24.8 Å². The van der Waals surface area contributed by atoms with Crippen molar-refractivity contribution in [3.05, 3.63) is 30.1 Å². The highest BCUT2D eigenvalue weighted by molar-refractivity contribution is 5.85. The number of amides is 1. The second-order valence-electron chi connectivity index (χ2n) is 5.98. The Hall–Kier alpha value is -1.30. The lowest BCUT2D eigenvalue weighted by Crippen LogP contribution is -2.42. The number of nitrogens with zero attached hydrogens (tertiary/aromatic N) is 2. The summed E-state index contributed by atoms with van der Waals surface area (Å²) in [6, 6.07) is 7.29. The van der Waals surface area contributed by atoms with Gasteiger partial charge in [0, 0.05) is 7.05 Å². The fourth-order valence-electron chi connectivity index (χ4n) is 2.55. The standard InChI is InChI=1S/C16H24N4O.2ClH/c1-10(2)9-12(17)16(21)18-11(3)15-19-13-7-5-6-8-14(13)20(15)4;;/h5-8,10-12H,9,17H2,1-4H3,(H,18,21);2*1H/t11?,12-;;/m0../s1. The maximum atomic E-state index is 12.1. The first-order valence-corrected chi connectivity index (χ1v) is 7.37. The van der Waals surface area contributed by atoms with Crippen LogP contribution in [-0.2, 0) is 11.8 Å². The SMILES string of the molecule is CC(C)C[C@H](N)C(=O)NC(C)c1nc2ccccc2n1C.Cl.Cl. The smallest absolute Gasteiger partial charge is 0.237 e. The second kappa shape index (κ2) is 9.11. The van der Waals surface area contributed by atoms with Gasteiger partial charge in [-0.25, -0.2) is 4.98 Å². The molecule has 130 valence electrons. The van der Waals surface area contributed by atoms with Crippen molar-refractivity contribution in [2.45, 2.75) is 39.3 Å². The van der Waals surface area contributed by atoms with E-state index in [0.717, 1.165) is 16.9 Å². The van der Waals surface area contributed by atoms with Crippen molar-refractivity contribution in [1.29, 1.82) is 0 Å². The van der Waals surface area contributed by atoms with Crippen molar-refractivity contribution in [3.63, 3.8) is 0 Å². The topological polar surface area (TPSA) is 72.9 Å². The Balaban J connectivity index is 0.00000242. The molecule has 0 spiro atoms. The number of hydrogen-bond acceptors (Lipinski definition) is 3. The van der Waals surface area contributed by atoms with E-state index in [9.17, 15) is 4.79 Å². The van der Waals surface area contributed by atoms with E-state index in [2.05, 4.69) is 24.1 Å². The fourth-order valence-corrected chi connectivity index (χ4v) is 2.55. The van der Waals surface area contributed by atoms with E-state index >= 15 is 0 Å². The van der Waals surface area contributed by atoms with Crippen LogP contribution < -0.4 is 11.1 Å². The Morgan fingerprint density at radius 3 is 2.43 bits per heavy atom. The Morgan fingerprint density at radius 2 is 1.87 bits per heavy atom. The summed E-state index contributed by atoms with van der Waals surface area (Å²) in [5.41, 5.74) is 7.91. The van der Waals surface area contributed by atoms with Gasteiger partial charge in [0.15, 0.2) is 0 Å². The highest BCUT2D eigenvalue weighted by Gasteiger charge is 2.20. The number of hydrogen-bond donors (Lipinski definition) is 2. The molecule has 0 aliphatic rings. The summed E-state index contributed by atoms with van der Waals surface area (Å²) >= 11 is 0. The van der Waals surface area contributed by atoms with Crippen molar-refractivity contribution in [3.8, 4) is 0 Å². The van der Waals surface area contributed by atoms with Gasteiger partial charge in [0.05, 0.1) is 23.1 Å². The molecule has 0 saturated carbocycles. The first kappa shape index (κ1) is 21.7. The summed E-state index contributed by atoms with van der Waals surface area (Å²) in [7, 11) is 1.96. The number of nitrogens with two attached hydrogens (primary N) is 1. The van der Waals surface area contributed by atoms with Crippen LogP contribution >= 0.6 is 24.8 Å². The molecule has 1 heterocycles. The third kappa shape index (κ3) is 5.09. The molecular formula is C16H26Cl2N4O. The zero-order valence-electron chi connectivity index (χ0n) is 13.9. The molecule has 0 fully saturated rings. The molecule has 23 heavy (non-hydrogen) atoms. The molecule has 0 saturated heterocycles. The summed E-state index contributed by atoms with van der Waals surface area (Å²) in [6.07, 6.45) is 0.682. The van der Waals surface area contributed by atoms with Crippen molar-refractivity contribution >= 4 is 41.8 Å². The second-order valence-corrected chi connectivity index (χ2v) is 5.98. The Bertz CT molecular complexity index is 642. The quantitative estimate of drug-likeness (QED) is 0.860. The van der Waals surface area contributed by atoms with E-state index in [4.69, 9.17) is 5.73 Å². The average molecular weight is 361 g/mol. The van der Waals surface area contributed by atoms with Gasteiger partial charge in [-0.05, 0) is 31.4 Å². The van der Waals surface area contributed by atoms with E-state index in [1.165, 1.54) is 0 Å². The van der Waals surface area contributed by atoms with Gasteiger partial charge in [-0.2, -0.15) is 0 Å². The van der Waals surface area contributed by atoms with Gasteiger partial charge >= 0.3 is 0 Å². The normalized spacial score (nSPS) is 13.1. The van der Waals surface area contributed by atoms with E-state index in [-0.39, 0.29) is 36.8 Å². The third-order valence-corrected chi connectivity index (χ3v) is 3.63. The van der Waals surface area contributed by atoms with Crippen LogP contribution in [0, 0.1) is 5.92 Å². The van der Waals surface area contributed by atoms with Crippen LogP contribution in [0.15, 0.2) is 24.3 Å². The van der Waals surface area contributed by atoms with Crippen LogP contribution in [0.4, 0.5) is 0 Å².